The van der Waals surface area contributed by atoms with Gasteiger partial charge in [-0.2, -0.15) is 5.10 Å². The van der Waals surface area contributed by atoms with Crippen molar-refractivity contribution in [2.45, 2.75) is 45.1 Å². The van der Waals surface area contributed by atoms with Crippen LogP contribution < -0.4 is 0 Å². The second kappa shape index (κ2) is 7.10. The van der Waals surface area contributed by atoms with Crippen LogP contribution in [-0.2, 0) is 0 Å². The van der Waals surface area contributed by atoms with Crippen LogP contribution in [0.15, 0.2) is 36.5 Å². The predicted octanol–water partition coefficient (Wildman–Crippen LogP) is 4.08. The topological polar surface area (TPSA) is 48.9 Å². The number of aromatic nitrogens is 2. The molecule has 0 bridgehead atoms. The smallest absolute Gasteiger partial charge is 0.0826 e. The summed E-state index contributed by atoms with van der Waals surface area (Å²) in [6.45, 7) is 2.19. The van der Waals surface area contributed by atoms with E-state index in [4.69, 9.17) is 0 Å². The molecule has 1 aromatic carbocycles. The molecule has 0 aliphatic rings. The molecule has 1 aromatic heterocycles. The maximum Gasteiger partial charge on any atom is 0.0826 e. The van der Waals surface area contributed by atoms with Crippen molar-refractivity contribution >= 4 is 0 Å². The highest BCUT2D eigenvalue weighted by Gasteiger charge is 2.15. The summed E-state index contributed by atoms with van der Waals surface area (Å²) < 4.78 is 0. The fraction of sp³-hybridized carbons (Fsp3) is 0.438. The van der Waals surface area contributed by atoms with E-state index >= 15 is 0 Å². The van der Waals surface area contributed by atoms with Gasteiger partial charge in [-0.1, -0.05) is 62.9 Å². The molecule has 0 amide bonds. The van der Waals surface area contributed by atoms with Gasteiger partial charge < -0.3 is 5.11 Å². The molecule has 1 heterocycles. The highest BCUT2D eigenvalue weighted by atomic mass is 16.3. The van der Waals surface area contributed by atoms with Crippen LogP contribution in [0.1, 0.15) is 50.7 Å². The van der Waals surface area contributed by atoms with Gasteiger partial charge in [0, 0.05) is 5.56 Å². The van der Waals surface area contributed by atoms with Crippen molar-refractivity contribution < 1.29 is 5.11 Å². The second-order valence-corrected chi connectivity index (χ2v) is 4.93. The predicted molar refractivity (Wildman–Crippen MR) is 77.7 cm³/mol. The van der Waals surface area contributed by atoms with Gasteiger partial charge in [0.2, 0.25) is 0 Å². The maximum atomic E-state index is 10.3. The van der Waals surface area contributed by atoms with Crippen LogP contribution in [-0.4, -0.2) is 15.3 Å². The molecule has 0 aliphatic carbocycles. The van der Waals surface area contributed by atoms with E-state index in [1.54, 1.807) is 6.20 Å². The molecule has 102 valence electrons. The van der Waals surface area contributed by atoms with Gasteiger partial charge in [0.15, 0.2) is 0 Å². The van der Waals surface area contributed by atoms with Gasteiger partial charge >= 0.3 is 0 Å². The molecule has 0 spiro atoms. The third-order valence-electron chi connectivity index (χ3n) is 3.42. The molecule has 0 saturated carbocycles. The average Bonchev–Trinajstić information content (AvgIpc) is 2.94. The highest BCUT2D eigenvalue weighted by Crippen LogP contribution is 2.28. The van der Waals surface area contributed by atoms with Crippen molar-refractivity contribution in [3.63, 3.8) is 0 Å². The Morgan fingerprint density at radius 2 is 1.95 bits per heavy atom. The number of H-pyrrole nitrogens is 1. The third kappa shape index (κ3) is 3.67. The largest absolute Gasteiger partial charge is 0.388 e. The van der Waals surface area contributed by atoms with Gasteiger partial charge in [-0.05, 0) is 12.0 Å². The molecule has 19 heavy (non-hydrogen) atoms. The van der Waals surface area contributed by atoms with Crippen molar-refractivity contribution in [3.05, 3.63) is 42.1 Å². The van der Waals surface area contributed by atoms with Gasteiger partial charge in [0.1, 0.15) is 0 Å². The molecule has 2 rings (SSSR count). The molecule has 0 radical (unpaired) electrons. The number of nitrogens with zero attached hydrogens (tertiary/aromatic N) is 1. The van der Waals surface area contributed by atoms with Crippen LogP contribution in [0.2, 0.25) is 0 Å². The summed E-state index contributed by atoms with van der Waals surface area (Å²) in [5.41, 5.74) is 2.91. The van der Waals surface area contributed by atoms with Gasteiger partial charge in [0.05, 0.1) is 18.0 Å². The minimum atomic E-state index is -0.425. The lowest BCUT2D eigenvalue weighted by molar-refractivity contribution is 0.164. The van der Waals surface area contributed by atoms with Crippen LogP contribution in [0, 0.1) is 0 Å². The Balaban J connectivity index is 2.03. The molecule has 0 aliphatic heterocycles. The van der Waals surface area contributed by atoms with Gasteiger partial charge in [-0.15, -0.1) is 0 Å². The minimum Gasteiger partial charge on any atom is -0.388 e. The number of unbranched alkanes of at least 4 members (excludes halogenated alkanes) is 3. The Labute approximate surface area is 114 Å². The number of benzene rings is 1. The quantitative estimate of drug-likeness (QED) is 0.735. The zero-order valence-electron chi connectivity index (χ0n) is 11.5. The summed E-state index contributed by atoms with van der Waals surface area (Å²) in [7, 11) is 0. The number of aliphatic hydroxyl groups excluding tert-OH is 1. The van der Waals surface area contributed by atoms with Crippen molar-refractivity contribution in [2.24, 2.45) is 0 Å². The first kappa shape index (κ1) is 13.8. The summed E-state index contributed by atoms with van der Waals surface area (Å²) in [6, 6.07) is 10.0. The van der Waals surface area contributed by atoms with E-state index in [2.05, 4.69) is 17.1 Å². The molecule has 1 unspecified atom stereocenters. The molecule has 2 aromatic rings. The van der Waals surface area contributed by atoms with Crippen LogP contribution >= 0.6 is 0 Å². The zero-order valence-corrected chi connectivity index (χ0v) is 11.5. The van der Waals surface area contributed by atoms with E-state index < -0.39 is 6.10 Å². The fourth-order valence-electron chi connectivity index (χ4n) is 2.30. The first-order valence-corrected chi connectivity index (χ1v) is 7.09. The normalized spacial score (nSPS) is 12.5. The lowest BCUT2D eigenvalue weighted by Crippen LogP contribution is -1.98. The number of hydrogen-bond acceptors (Lipinski definition) is 2. The summed E-state index contributed by atoms with van der Waals surface area (Å²) in [6.07, 6.45) is 6.83. The van der Waals surface area contributed by atoms with Crippen molar-refractivity contribution in [3.8, 4) is 11.3 Å². The number of aliphatic hydroxyl groups is 1. The van der Waals surface area contributed by atoms with Crippen LogP contribution in [0.5, 0.6) is 0 Å². The fourth-order valence-corrected chi connectivity index (χ4v) is 2.30. The summed E-state index contributed by atoms with van der Waals surface area (Å²) >= 11 is 0. The SMILES string of the molecule is CCCCCCC(O)c1cn[nH]c1-c1ccccc1. The zero-order chi connectivity index (χ0) is 13.5. The standard InChI is InChI=1S/C16H22N2O/c1-2-3-4-8-11-15(19)14-12-17-18-16(14)13-9-6-5-7-10-13/h5-7,9-10,12,15,19H,2-4,8,11H2,1H3,(H,17,18). The van der Waals surface area contributed by atoms with E-state index in [1.165, 1.54) is 19.3 Å². The minimum absolute atomic E-state index is 0.425. The molecular formula is C16H22N2O. The second-order valence-electron chi connectivity index (χ2n) is 4.93. The Morgan fingerprint density at radius 1 is 1.16 bits per heavy atom. The van der Waals surface area contributed by atoms with E-state index in [9.17, 15) is 5.11 Å². The highest BCUT2D eigenvalue weighted by molar-refractivity contribution is 5.62. The number of rotatable bonds is 7. The van der Waals surface area contributed by atoms with Crippen LogP contribution in [0.25, 0.3) is 11.3 Å². The van der Waals surface area contributed by atoms with Crippen LogP contribution in [0.4, 0.5) is 0 Å². The van der Waals surface area contributed by atoms with E-state index in [0.717, 1.165) is 29.7 Å². The monoisotopic (exact) mass is 258 g/mol. The number of nitrogens with one attached hydrogen (secondary N) is 1. The lowest BCUT2D eigenvalue weighted by Gasteiger charge is -2.11. The van der Waals surface area contributed by atoms with Crippen molar-refractivity contribution in [1.29, 1.82) is 0 Å². The molecule has 1 atom stereocenters. The lowest BCUT2D eigenvalue weighted by atomic mass is 10.00. The number of aromatic amines is 1. The summed E-state index contributed by atoms with van der Waals surface area (Å²) in [5.74, 6) is 0. The van der Waals surface area contributed by atoms with E-state index in [-0.39, 0.29) is 0 Å². The molecule has 2 N–H and O–H groups in total. The molecule has 0 saturated heterocycles. The van der Waals surface area contributed by atoms with Gasteiger partial charge in [-0.25, -0.2) is 0 Å². The maximum absolute atomic E-state index is 10.3. The van der Waals surface area contributed by atoms with Crippen molar-refractivity contribution in [1.82, 2.24) is 10.2 Å². The Bertz CT molecular complexity index is 479. The molecule has 3 heteroatoms. The van der Waals surface area contributed by atoms with E-state index in [0.29, 0.717) is 0 Å². The Morgan fingerprint density at radius 3 is 2.68 bits per heavy atom. The average molecular weight is 258 g/mol. The van der Waals surface area contributed by atoms with E-state index in [1.807, 2.05) is 30.3 Å². The summed E-state index contributed by atoms with van der Waals surface area (Å²) in [4.78, 5) is 0. The first-order chi connectivity index (χ1) is 9.33. The molecule has 3 nitrogen and oxygen atoms in total. The summed E-state index contributed by atoms with van der Waals surface area (Å²) in [5, 5.41) is 17.4. The Kier molecular flexibility index (Phi) is 5.16. The first-order valence-electron chi connectivity index (χ1n) is 7.09. The third-order valence-corrected chi connectivity index (χ3v) is 3.42. The van der Waals surface area contributed by atoms with Gasteiger partial charge in [0.25, 0.3) is 0 Å². The Hall–Kier alpha value is -1.61. The molecule has 0 fully saturated rings. The van der Waals surface area contributed by atoms with Gasteiger partial charge in [-0.3, -0.25) is 5.10 Å². The molecular weight excluding hydrogens is 236 g/mol. The van der Waals surface area contributed by atoms with Crippen LogP contribution in [0.3, 0.4) is 0 Å². The van der Waals surface area contributed by atoms with Crippen molar-refractivity contribution in [2.75, 3.05) is 0 Å². The number of hydrogen-bond donors (Lipinski definition) is 2.